The van der Waals surface area contributed by atoms with Gasteiger partial charge in [-0.2, -0.15) is 13.2 Å². The van der Waals surface area contributed by atoms with Crippen molar-refractivity contribution in [3.63, 3.8) is 0 Å². The van der Waals surface area contributed by atoms with Crippen LogP contribution in [-0.4, -0.2) is 49.4 Å². The van der Waals surface area contributed by atoms with E-state index in [1.807, 2.05) is 0 Å². The molecule has 6 nitrogen and oxygen atoms in total. The van der Waals surface area contributed by atoms with Gasteiger partial charge in [0.1, 0.15) is 0 Å². The number of nitrogens with zero attached hydrogens (tertiary/aromatic N) is 2. The Morgan fingerprint density at radius 3 is 2.19 bits per heavy atom. The number of imide groups is 1. The maximum absolute atomic E-state index is 12.7. The van der Waals surface area contributed by atoms with E-state index in [4.69, 9.17) is 0 Å². The fourth-order valence-electron chi connectivity index (χ4n) is 5.03. The predicted octanol–water partition coefficient (Wildman–Crippen LogP) is 2.61. The summed E-state index contributed by atoms with van der Waals surface area (Å²) in [7, 11) is 1.63. The van der Waals surface area contributed by atoms with Crippen LogP contribution in [0.15, 0.2) is 41.4 Å². The lowest BCUT2D eigenvalue weighted by molar-refractivity contribution is -0.141. The highest BCUT2D eigenvalue weighted by Crippen LogP contribution is 2.52. The monoisotopic (exact) mass is 448 g/mol. The summed E-state index contributed by atoms with van der Waals surface area (Å²) in [6, 6.07) is 5.11. The molecular formula is C23H27F3N4O2. The summed E-state index contributed by atoms with van der Waals surface area (Å²) >= 11 is 0. The molecule has 1 aromatic rings. The van der Waals surface area contributed by atoms with Crippen LogP contribution in [0.25, 0.3) is 0 Å². The van der Waals surface area contributed by atoms with E-state index in [-0.39, 0.29) is 35.5 Å². The lowest BCUT2D eigenvalue weighted by Crippen LogP contribution is -2.40. The minimum absolute atomic E-state index is 0.0316. The quantitative estimate of drug-likeness (QED) is 0.221. The first-order valence-electron chi connectivity index (χ1n) is 10.9. The molecule has 0 radical (unpaired) electrons. The molecule has 2 aliphatic carbocycles. The van der Waals surface area contributed by atoms with Crippen molar-refractivity contribution in [3.8, 4) is 0 Å². The normalized spacial score (nSPS) is 26.8. The second-order valence-electron chi connectivity index (χ2n) is 8.55. The van der Waals surface area contributed by atoms with Gasteiger partial charge >= 0.3 is 6.18 Å². The third kappa shape index (κ3) is 4.38. The zero-order valence-electron chi connectivity index (χ0n) is 17.9. The lowest BCUT2D eigenvalue weighted by atomic mass is 9.85. The van der Waals surface area contributed by atoms with Crippen molar-refractivity contribution in [2.75, 3.05) is 26.7 Å². The van der Waals surface area contributed by atoms with Gasteiger partial charge in [0.2, 0.25) is 11.8 Å². The van der Waals surface area contributed by atoms with Gasteiger partial charge in [-0.3, -0.25) is 19.5 Å². The predicted molar refractivity (Wildman–Crippen MR) is 114 cm³/mol. The molecule has 1 heterocycles. The highest BCUT2D eigenvalue weighted by molar-refractivity contribution is 6.06. The second kappa shape index (κ2) is 8.96. The molecular weight excluding hydrogens is 421 g/mol. The Kier molecular flexibility index (Phi) is 6.26. The van der Waals surface area contributed by atoms with Crippen LogP contribution in [0, 0.1) is 23.7 Å². The molecule has 1 aromatic carbocycles. The maximum Gasteiger partial charge on any atom is 0.416 e. The van der Waals surface area contributed by atoms with Crippen LogP contribution in [0.5, 0.6) is 0 Å². The van der Waals surface area contributed by atoms with Gasteiger partial charge in [0.15, 0.2) is 5.96 Å². The van der Waals surface area contributed by atoms with E-state index >= 15 is 0 Å². The molecule has 2 fully saturated rings. The Bertz CT molecular complexity index is 896. The van der Waals surface area contributed by atoms with Gasteiger partial charge in [0.05, 0.1) is 17.4 Å². The van der Waals surface area contributed by atoms with E-state index in [1.165, 1.54) is 17.0 Å². The summed E-state index contributed by atoms with van der Waals surface area (Å²) in [5, 5.41) is 6.27. The molecule has 0 spiro atoms. The van der Waals surface area contributed by atoms with Crippen molar-refractivity contribution < 1.29 is 22.8 Å². The number of fused-ring (bicyclic) bond motifs is 5. The molecule has 1 aliphatic heterocycles. The van der Waals surface area contributed by atoms with Gasteiger partial charge in [-0.1, -0.05) is 24.3 Å². The summed E-state index contributed by atoms with van der Waals surface area (Å²) in [5.41, 5.74) is 0.134. The van der Waals surface area contributed by atoms with Gasteiger partial charge in [0, 0.05) is 26.7 Å². The molecule has 32 heavy (non-hydrogen) atoms. The first kappa shape index (κ1) is 22.4. The van der Waals surface area contributed by atoms with Crippen molar-refractivity contribution in [2.24, 2.45) is 28.7 Å². The fraction of sp³-hybridized carbons (Fsp3) is 0.522. The van der Waals surface area contributed by atoms with E-state index < -0.39 is 11.7 Å². The molecule has 1 saturated heterocycles. The Balaban J connectivity index is 1.17. The maximum atomic E-state index is 12.7. The molecule has 4 atom stereocenters. The van der Waals surface area contributed by atoms with Crippen molar-refractivity contribution in [2.45, 2.75) is 25.4 Å². The number of halogens is 3. The van der Waals surface area contributed by atoms with Crippen LogP contribution >= 0.6 is 0 Å². The van der Waals surface area contributed by atoms with E-state index in [0.29, 0.717) is 38.4 Å². The molecule has 172 valence electrons. The molecule has 2 bridgehead atoms. The smallest absolute Gasteiger partial charge is 0.356 e. The molecule has 2 N–H and O–H groups in total. The molecule has 4 rings (SSSR count). The highest BCUT2D eigenvalue weighted by Gasteiger charge is 2.58. The summed E-state index contributed by atoms with van der Waals surface area (Å²) < 4.78 is 37.9. The first-order chi connectivity index (χ1) is 15.3. The SMILES string of the molecule is CN=C(NCCCN1C(=O)C2C3C=CC(C3)C2C1=O)NCCc1ccc(C(F)(F)F)cc1. The van der Waals surface area contributed by atoms with Crippen molar-refractivity contribution in [1.29, 1.82) is 0 Å². The average Bonchev–Trinajstić information content (AvgIpc) is 3.44. The molecule has 1 saturated carbocycles. The van der Waals surface area contributed by atoms with Crippen molar-refractivity contribution in [1.82, 2.24) is 15.5 Å². The number of nitrogens with one attached hydrogen (secondary N) is 2. The Morgan fingerprint density at radius 2 is 1.62 bits per heavy atom. The van der Waals surface area contributed by atoms with Crippen LogP contribution in [-0.2, 0) is 22.2 Å². The van der Waals surface area contributed by atoms with E-state index in [9.17, 15) is 22.8 Å². The number of likely N-dealkylation sites (tertiary alicyclic amines) is 1. The molecule has 3 aliphatic rings. The second-order valence-corrected chi connectivity index (χ2v) is 8.55. The number of hydrogen-bond acceptors (Lipinski definition) is 3. The van der Waals surface area contributed by atoms with Crippen LogP contribution in [0.3, 0.4) is 0 Å². The number of guanidine groups is 1. The van der Waals surface area contributed by atoms with Crippen molar-refractivity contribution in [3.05, 3.63) is 47.5 Å². The lowest BCUT2D eigenvalue weighted by Gasteiger charge is -2.18. The van der Waals surface area contributed by atoms with Gasteiger partial charge in [-0.15, -0.1) is 0 Å². The summed E-state index contributed by atoms with van der Waals surface area (Å²) in [6.45, 7) is 1.43. The van der Waals surface area contributed by atoms with Crippen LogP contribution in [0.1, 0.15) is 24.0 Å². The molecule has 0 aromatic heterocycles. The van der Waals surface area contributed by atoms with Gasteiger partial charge < -0.3 is 10.6 Å². The largest absolute Gasteiger partial charge is 0.416 e. The number of rotatable bonds is 7. The van der Waals surface area contributed by atoms with E-state index in [0.717, 1.165) is 24.1 Å². The number of amides is 2. The first-order valence-corrected chi connectivity index (χ1v) is 10.9. The van der Waals surface area contributed by atoms with Crippen LogP contribution < -0.4 is 10.6 Å². The third-order valence-corrected chi connectivity index (χ3v) is 6.62. The Morgan fingerprint density at radius 1 is 1.03 bits per heavy atom. The Hall–Kier alpha value is -2.84. The average molecular weight is 448 g/mol. The van der Waals surface area contributed by atoms with Gasteiger partial charge in [0.25, 0.3) is 0 Å². The topological polar surface area (TPSA) is 73.8 Å². The molecule has 9 heteroatoms. The summed E-state index contributed by atoms with van der Waals surface area (Å²) in [4.78, 5) is 30.9. The number of carbonyl (C=O) groups is 2. The standard InChI is InChI=1S/C23H27F3N4O2/c1-27-22(29-11-9-14-3-7-17(8-4-14)23(24,25)26)28-10-2-12-30-20(31)18-15-5-6-16(13-15)19(18)21(30)32/h3-8,15-16,18-19H,2,9-13H2,1H3,(H2,27,28,29). The summed E-state index contributed by atoms with van der Waals surface area (Å²) in [6.07, 6.45) is 1.93. The number of hydrogen-bond donors (Lipinski definition) is 2. The fourth-order valence-corrected chi connectivity index (χ4v) is 5.03. The number of allylic oxidation sites excluding steroid dienone is 2. The number of alkyl halides is 3. The number of benzene rings is 1. The van der Waals surface area contributed by atoms with Crippen molar-refractivity contribution >= 4 is 17.8 Å². The zero-order chi connectivity index (χ0) is 22.9. The van der Waals surface area contributed by atoms with E-state index in [2.05, 4.69) is 27.8 Å². The third-order valence-electron chi connectivity index (χ3n) is 6.62. The zero-order valence-corrected chi connectivity index (χ0v) is 17.9. The molecule has 2 amide bonds. The van der Waals surface area contributed by atoms with Gasteiger partial charge in [-0.25, -0.2) is 0 Å². The highest BCUT2D eigenvalue weighted by atomic mass is 19.4. The minimum atomic E-state index is -4.33. The van der Waals surface area contributed by atoms with Crippen LogP contribution in [0.2, 0.25) is 0 Å². The van der Waals surface area contributed by atoms with Crippen LogP contribution in [0.4, 0.5) is 13.2 Å². The van der Waals surface area contributed by atoms with E-state index in [1.54, 1.807) is 7.05 Å². The Labute approximate surface area is 185 Å². The number of aliphatic imine (C=N–C) groups is 1. The number of carbonyl (C=O) groups excluding carboxylic acids is 2. The summed E-state index contributed by atoms with van der Waals surface area (Å²) in [5.74, 6) is 0.617. The minimum Gasteiger partial charge on any atom is -0.356 e. The van der Waals surface area contributed by atoms with Gasteiger partial charge in [-0.05, 0) is 48.8 Å². The molecule has 4 unspecified atom stereocenters.